The molecule has 0 atom stereocenters. The molecule has 0 aliphatic heterocycles. The van der Waals surface area contributed by atoms with Crippen molar-refractivity contribution in [3.8, 4) is 28.1 Å². The van der Waals surface area contributed by atoms with E-state index in [-0.39, 0.29) is 5.56 Å². The summed E-state index contributed by atoms with van der Waals surface area (Å²) in [7, 11) is 1.61. The number of ether oxygens (including phenoxy) is 1. The summed E-state index contributed by atoms with van der Waals surface area (Å²) in [4.78, 5) is 16.6. The van der Waals surface area contributed by atoms with Gasteiger partial charge in [0.15, 0.2) is 0 Å². The predicted molar refractivity (Wildman–Crippen MR) is 106 cm³/mol. The largest absolute Gasteiger partial charge is 0.497 e. The predicted octanol–water partition coefficient (Wildman–Crippen LogP) is 5.28. The first-order chi connectivity index (χ1) is 13.2. The Bertz CT molecular complexity index is 1120. The summed E-state index contributed by atoms with van der Waals surface area (Å²) in [5.74, 6) is -0.229. The molecule has 1 heterocycles. The van der Waals surface area contributed by atoms with Crippen LogP contribution in [0.5, 0.6) is 5.75 Å². The summed E-state index contributed by atoms with van der Waals surface area (Å²) in [6.45, 7) is 0. The Balaban J connectivity index is 1.88. The van der Waals surface area contributed by atoms with E-state index in [2.05, 4.69) is 4.98 Å². The fourth-order valence-corrected chi connectivity index (χ4v) is 3.12. The van der Waals surface area contributed by atoms with Gasteiger partial charge < -0.3 is 9.84 Å². The molecule has 0 saturated carbocycles. The molecular weight excluding hydrogens is 338 g/mol. The fraction of sp³-hybridized carbons (Fsp3) is 0.0435. The standard InChI is InChI=1S/C23H17NO3/c1-27-18-10-7-16(8-11-18)22-14-20(23(25)26)19-13-17(9-12-21(19)24-22)15-5-3-2-4-6-15/h2-14H,1H3,(H,25,26). The Kier molecular flexibility index (Phi) is 4.30. The van der Waals surface area contributed by atoms with E-state index < -0.39 is 5.97 Å². The highest BCUT2D eigenvalue weighted by atomic mass is 16.5. The van der Waals surface area contributed by atoms with E-state index in [4.69, 9.17) is 4.74 Å². The molecule has 0 fully saturated rings. The molecule has 1 N–H and O–H groups in total. The highest BCUT2D eigenvalue weighted by Crippen LogP contribution is 2.29. The van der Waals surface area contributed by atoms with Crippen LogP contribution < -0.4 is 4.74 Å². The summed E-state index contributed by atoms with van der Waals surface area (Å²) in [5.41, 5.74) is 4.35. The fourth-order valence-electron chi connectivity index (χ4n) is 3.12. The van der Waals surface area contributed by atoms with Crippen LogP contribution in [-0.2, 0) is 0 Å². The lowest BCUT2D eigenvalue weighted by molar-refractivity contribution is 0.0699. The topological polar surface area (TPSA) is 59.4 Å². The molecule has 0 bridgehead atoms. The molecular formula is C23H17NO3. The number of carboxylic acids is 1. The van der Waals surface area contributed by atoms with Crippen molar-refractivity contribution >= 4 is 16.9 Å². The number of carboxylic acid groups (broad SMARTS) is 1. The van der Waals surface area contributed by atoms with Crippen LogP contribution in [0.4, 0.5) is 0 Å². The third-order valence-electron chi connectivity index (χ3n) is 4.53. The van der Waals surface area contributed by atoms with Gasteiger partial charge in [0.05, 0.1) is 23.9 Å². The summed E-state index contributed by atoms with van der Waals surface area (Å²) in [6.07, 6.45) is 0. The van der Waals surface area contributed by atoms with Crippen LogP contribution in [0, 0.1) is 0 Å². The van der Waals surface area contributed by atoms with Crippen molar-refractivity contribution in [2.45, 2.75) is 0 Å². The van der Waals surface area contributed by atoms with E-state index in [1.165, 1.54) is 0 Å². The third kappa shape index (κ3) is 3.25. The van der Waals surface area contributed by atoms with Crippen LogP contribution in [0.1, 0.15) is 10.4 Å². The van der Waals surface area contributed by atoms with Crippen molar-refractivity contribution in [2.75, 3.05) is 7.11 Å². The van der Waals surface area contributed by atoms with Gasteiger partial charge in [0.2, 0.25) is 0 Å². The first-order valence-electron chi connectivity index (χ1n) is 8.53. The number of carbonyl (C=O) groups is 1. The van der Waals surface area contributed by atoms with Crippen molar-refractivity contribution in [1.82, 2.24) is 4.98 Å². The monoisotopic (exact) mass is 355 g/mol. The van der Waals surface area contributed by atoms with E-state index in [0.29, 0.717) is 16.6 Å². The number of benzene rings is 3. The number of nitrogens with zero attached hydrogens (tertiary/aromatic N) is 1. The number of aromatic nitrogens is 1. The smallest absolute Gasteiger partial charge is 0.336 e. The van der Waals surface area contributed by atoms with Crippen LogP contribution >= 0.6 is 0 Å². The Morgan fingerprint density at radius 1 is 0.852 bits per heavy atom. The summed E-state index contributed by atoms with van der Waals surface area (Å²) < 4.78 is 5.18. The number of aromatic carboxylic acids is 1. The number of methoxy groups -OCH3 is 1. The van der Waals surface area contributed by atoms with Gasteiger partial charge in [-0.05, 0) is 53.6 Å². The zero-order chi connectivity index (χ0) is 18.8. The average molecular weight is 355 g/mol. The van der Waals surface area contributed by atoms with Gasteiger partial charge in [-0.15, -0.1) is 0 Å². The second-order valence-corrected chi connectivity index (χ2v) is 6.19. The molecule has 0 aliphatic rings. The molecule has 27 heavy (non-hydrogen) atoms. The molecule has 132 valence electrons. The van der Waals surface area contributed by atoms with Crippen molar-refractivity contribution in [2.24, 2.45) is 0 Å². The molecule has 0 unspecified atom stereocenters. The van der Waals surface area contributed by atoms with E-state index >= 15 is 0 Å². The van der Waals surface area contributed by atoms with Crippen molar-refractivity contribution in [3.05, 3.63) is 84.4 Å². The molecule has 0 amide bonds. The van der Waals surface area contributed by atoms with Crippen molar-refractivity contribution in [1.29, 1.82) is 0 Å². The minimum absolute atomic E-state index is 0.239. The lowest BCUT2D eigenvalue weighted by atomic mass is 9.99. The Morgan fingerprint density at radius 2 is 1.56 bits per heavy atom. The quantitative estimate of drug-likeness (QED) is 0.541. The van der Waals surface area contributed by atoms with Crippen molar-refractivity contribution in [3.63, 3.8) is 0 Å². The number of rotatable bonds is 4. The van der Waals surface area contributed by atoms with Crippen LogP contribution in [0.2, 0.25) is 0 Å². The maximum atomic E-state index is 11.9. The maximum Gasteiger partial charge on any atom is 0.336 e. The molecule has 4 aromatic rings. The third-order valence-corrected chi connectivity index (χ3v) is 4.53. The van der Waals surface area contributed by atoms with E-state index in [1.807, 2.05) is 72.8 Å². The number of hydrogen-bond acceptors (Lipinski definition) is 3. The average Bonchev–Trinajstić information content (AvgIpc) is 2.73. The summed E-state index contributed by atoms with van der Waals surface area (Å²) >= 11 is 0. The normalized spacial score (nSPS) is 10.7. The van der Waals surface area contributed by atoms with E-state index in [9.17, 15) is 9.90 Å². The number of pyridine rings is 1. The number of hydrogen-bond donors (Lipinski definition) is 1. The van der Waals surface area contributed by atoms with Gasteiger partial charge in [-0.25, -0.2) is 9.78 Å². The molecule has 0 radical (unpaired) electrons. The number of fused-ring (bicyclic) bond motifs is 1. The summed E-state index contributed by atoms with van der Waals surface area (Å²) in [6, 6.07) is 24.6. The Labute approximate surface area is 156 Å². The van der Waals surface area contributed by atoms with Crippen LogP contribution in [0.3, 0.4) is 0 Å². The Hall–Kier alpha value is -3.66. The second-order valence-electron chi connectivity index (χ2n) is 6.19. The molecule has 4 nitrogen and oxygen atoms in total. The zero-order valence-corrected chi connectivity index (χ0v) is 14.7. The van der Waals surface area contributed by atoms with Crippen molar-refractivity contribution < 1.29 is 14.6 Å². The molecule has 0 saturated heterocycles. The van der Waals surface area contributed by atoms with Crippen LogP contribution in [-0.4, -0.2) is 23.2 Å². The van der Waals surface area contributed by atoms with Gasteiger partial charge in [-0.2, -0.15) is 0 Å². The highest BCUT2D eigenvalue weighted by molar-refractivity contribution is 6.05. The van der Waals surface area contributed by atoms with Gasteiger partial charge in [-0.1, -0.05) is 36.4 Å². The second kappa shape index (κ2) is 6.92. The first kappa shape index (κ1) is 16.8. The maximum absolute atomic E-state index is 11.9. The molecule has 3 aromatic carbocycles. The minimum Gasteiger partial charge on any atom is -0.497 e. The van der Waals surface area contributed by atoms with Gasteiger partial charge in [0.1, 0.15) is 5.75 Å². The van der Waals surface area contributed by atoms with Gasteiger partial charge in [-0.3, -0.25) is 0 Å². The lowest BCUT2D eigenvalue weighted by Crippen LogP contribution is -2.00. The highest BCUT2D eigenvalue weighted by Gasteiger charge is 2.14. The van der Waals surface area contributed by atoms with Crippen LogP contribution in [0.15, 0.2) is 78.9 Å². The molecule has 0 spiro atoms. The summed E-state index contributed by atoms with van der Waals surface area (Å²) in [5, 5.41) is 10.4. The van der Waals surface area contributed by atoms with Gasteiger partial charge in [0, 0.05) is 10.9 Å². The minimum atomic E-state index is -0.970. The van der Waals surface area contributed by atoms with E-state index in [0.717, 1.165) is 22.4 Å². The molecule has 4 heteroatoms. The molecule has 4 rings (SSSR count). The molecule has 0 aliphatic carbocycles. The van der Waals surface area contributed by atoms with Gasteiger partial charge >= 0.3 is 5.97 Å². The first-order valence-corrected chi connectivity index (χ1v) is 8.53. The van der Waals surface area contributed by atoms with Gasteiger partial charge in [0.25, 0.3) is 0 Å². The lowest BCUT2D eigenvalue weighted by Gasteiger charge is -2.10. The zero-order valence-electron chi connectivity index (χ0n) is 14.7. The SMILES string of the molecule is COc1ccc(-c2cc(C(=O)O)c3cc(-c4ccccc4)ccc3n2)cc1. The Morgan fingerprint density at radius 3 is 2.22 bits per heavy atom. The van der Waals surface area contributed by atoms with E-state index in [1.54, 1.807) is 13.2 Å². The van der Waals surface area contributed by atoms with Crippen LogP contribution in [0.25, 0.3) is 33.3 Å². The molecule has 1 aromatic heterocycles.